The number of ether oxygens (including phenoxy) is 1. The third-order valence-corrected chi connectivity index (χ3v) is 2.86. The van der Waals surface area contributed by atoms with Crippen LogP contribution in [0.25, 0.3) is 0 Å². The number of nitrogens with zero attached hydrogens (tertiary/aromatic N) is 1. The van der Waals surface area contributed by atoms with Crippen molar-refractivity contribution in [1.29, 1.82) is 0 Å². The van der Waals surface area contributed by atoms with E-state index in [4.69, 9.17) is 4.74 Å². The van der Waals surface area contributed by atoms with Crippen LogP contribution in [0.5, 0.6) is 0 Å². The Morgan fingerprint density at radius 2 is 2.56 bits per heavy atom. The summed E-state index contributed by atoms with van der Waals surface area (Å²) in [5.74, 6) is -0.353. The summed E-state index contributed by atoms with van der Waals surface area (Å²) in [6, 6.07) is 3.60. The summed E-state index contributed by atoms with van der Waals surface area (Å²) in [4.78, 5) is 15.3. The number of aromatic nitrogens is 1. The van der Waals surface area contributed by atoms with Gasteiger partial charge in [0.25, 0.3) is 0 Å². The zero-order valence-corrected chi connectivity index (χ0v) is 9.17. The number of hydrogen-bond acceptors (Lipinski definition) is 4. The molecule has 3 atom stereocenters. The normalized spacial score (nSPS) is 24.9. The fraction of sp³-hybridized carbons (Fsp3) is 0.500. The van der Waals surface area contributed by atoms with E-state index in [9.17, 15) is 9.90 Å². The first-order chi connectivity index (χ1) is 7.74. The van der Waals surface area contributed by atoms with Crippen LogP contribution in [0.3, 0.4) is 0 Å². The van der Waals surface area contributed by atoms with Crippen molar-refractivity contribution < 1.29 is 14.6 Å². The maximum Gasteiger partial charge on any atom is 0.309 e. The third kappa shape index (κ3) is 2.22. The van der Waals surface area contributed by atoms with Gasteiger partial charge in [-0.2, -0.15) is 0 Å². The molecule has 1 aliphatic rings. The van der Waals surface area contributed by atoms with Gasteiger partial charge >= 0.3 is 5.97 Å². The maximum atomic E-state index is 11.4. The second-order valence-electron chi connectivity index (χ2n) is 3.99. The van der Waals surface area contributed by atoms with E-state index in [1.807, 2.05) is 6.07 Å². The molecule has 1 aromatic heterocycles. The van der Waals surface area contributed by atoms with Gasteiger partial charge in [0.1, 0.15) is 0 Å². The molecule has 1 aromatic rings. The van der Waals surface area contributed by atoms with E-state index in [0.717, 1.165) is 5.56 Å². The molecule has 1 aliphatic carbocycles. The molecule has 4 nitrogen and oxygen atoms in total. The Bertz CT molecular complexity index is 366. The summed E-state index contributed by atoms with van der Waals surface area (Å²) < 4.78 is 4.92. The highest BCUT2D eigenvalue weighted by molar-refractivity contribution is 5.75. The monoisotopic (exact) mass is 221 g/mol. The van der Waals surface area contributed by atoms with Crippen LogP contribution in [-0.4, -0.2) is 22.7 Å². The average molecular weight is 221 g/mol. The minimum atomic E-state index is -0.608. The molecule has 0 radical (unpaired) electrons. The van der Waals surface area contributed by atoms with Crippen LogP contribution < -0.4 is 0 Å². The molecule has 4 heteroatoms. The standard InChI is InChI=1S/C12H15NO3/c1-2-16-12(15)10-6-9(10)11(14)8-4-3-5-13-7-8/h3-5,7,9-11,14H,2,6H2,1H3/t9-,10-,11?/m0/s1. The van der Waals surface area contributed by atoms with Gasteiger partial charge in [0.05, 0.1) is 18.6 Å². The van der Waals surface area contributed by atoms with Crippen molar-refractivity contribution in [3.05, 3.63) is 30.1 Å². The molecule has 0 aromatic carbocycles. The van der Waals surface area contributed by atoms with E-state index in [2.05, 4.69) is 4.98 Å². The number of carbonyl (C=O) groups is 1. The predicted octanol–water partition coefficient (Wildman–Crippen LogP) is 1.31. The molecule has 1 heterocycles. The van der Waals surface area contributed by atoms with Crippen molar-refractivity contribution in [2.24, 2.45) is 11.8 Å². The molecular weight excluding hydrogens is 206 g/mol. The fourth-order valence-corrected chi connectivity index (χ4v) is 1.88. The highest BCUT2D eigenvalue weighted by Crippen LogP contribution is 2.47. The van der Waals surface area contributed by atoms with Crippen molar-refractivity contribution in [1.82, 2.24) is 4.98 Å². The lowest BCUT2D eigenvalue weighted by atomic mass is 10.1. The van der Waals surface area contributed by atoms with Gasteiger partial charge in [0.15, 0.2) is 0 Å². The lowest BCUT2D eigenvalue weighted by Gasteiger charge is -2.09. The lowest BCUT2D eigenvalue weighted by molar-refractivity contribution is -0.145. The number of aliphatic hydroxyl groups is 1. The van der Waals surface area contributed by atoms with E-state index in [-0.39, 0.29) is 17.8 Å². The van der Waals surface area contributed by atoms with Crippen molar-refractivity contribution in [2.45, 2.75) is 19.4 Å². The molecule has 1 unspecified atom stereocenters. The van der Waals surface area contributed by atoms with Gasteiger partial charge in [0.2, 0.25) is 0 Å². The van der Waals surface area contributed by atoms with E-state index in [0.29, 0.717) is 13.0 Å². The molecule has 1 saturated carbocycles. The highest BCUT2D eigenvalue weighted by Gasteiger charge is 2.48. The van der Waals surface area contributed by atoms with E-state index in [1.54, 1.807) is 25.4 Å². The summed E-state index contributed by atoms with van der Waals surface area (Å²) in [6.45, 7) is 2.18. The molecule has 2 rings (SSSR count). The number of rotatable bonds is 4. The van der Waals surface area contributed by atoms with Crippen LogP contribution in [0.15, 0.2) is 24.5 Å². The first kappa shape index (κ1) is 11.1. The quantitative estimate of drug-likeness (QED) is 0.779. The Balaban J connectivity index is 1.94. The van der Waals surface area contributed by atoms with Gasteiger partial charge in [-0.25, -0.2) is 0 Å². The number of aliphatic hydroxyl groups excluding tert-OH is 1. The smallest absolute Gasteiger partial charge is 0.309 e. The van der Waals surface area contributed by atoms with Crippen molar-refractivity contribution in [3.8, 4) is 0 Å². The number of pyridine rings is 1. The first-order valence-electron chi connectivity index (χ1n) is 5.48. The van der Waals surface area contributed by atoms with Gasteiger partial charge in [0, 0.05) is 18.3 Å². The second-order valence-corrected chi connectivity index (χ2v) is 3.99. The first-order valence-corrected chi connectivity index (χ1v) is 5.48. The Morgan fingerprint density at radius 3 is 3.19 bits per heavy atom. The minimum Gasteiger partial charge on any atom is -0.466 e. The summed E-state index contributed by atoms with van der Waals surface area (Å²) >= 11 is 0. The Morgan fingerprint density at radius 1 is 1.75 bits per heavy atom. The van der Waals surface area contributed by atoms with Crippen LogP contribution in [-0.2, 0) is 9.53 Å². The molecule has 1 fully saturated rings. The van der Waals surface area contributed by atoms with E-state index < -0.39 is 6.10 Å². The number of carbonyl (C=O) groups excluding carboxylic acids is 1. The highest BCUT2D eigenvalue weighted by atomic mass is 16.5. The molecule has 0 amide bonds. The van der Waals surface area contributed by atoms with Crippen LogP contribution >= 0.6 is 0 Å². The summed E-state index contributed by atoms with van der Waals surface area (Å²) in [5.41, 5.74) is 0.763. The molecule has 0 aliphatic heterocycles. The van der Waals surface area contributed by atoms with Crippen molar-refractivity contribution >= 4 is 5.97 Å². The fourth-order valence-electron chi connectivity index (χ4n) is 1.88. The maximum absolute atomic E-state index is 11.4. The third-order valence-electron chi connectivity index (χ3n) is 2.86. The van der Waals surface area contributed by atoms with Gasteiger partial charge in [-0.15, -0.1) is 0 Å². The average Bonchev–Trinajstić information content (AvgIpc) is 3.09. The molecule has 0 spiro atoms. The Kier molecular flexibility index (Phi) is 3.19. The molecule has 0 saturated heterocycles. The Labute approximate surface area is 94.3 Å². The molecular formula is C12H15NO3. The van der Waals surface area contributed by atoms with Crippen molar-refractivity contribution in [3.63, 3.8) is 0 Å². The SMILES string of the molecule is CCOC(=O)[C@H]1C[C@@H]1C(O)c1cccnc1. The molecule has 16 heavy (non-hydrogen) atoms. The van der Waals surface area contributed by atoms with Gasteiger partial charge in [-0.05, 0) is 25.0 Å². The molecule has 86 valence electrons. The summed E-state index contributed by atoms with van der Waals surface area (Å²) in [7, 11) is 0. The van der Waals surface area contributed by atoms with Crippen molar-refractivity contribution in [2.75, 3.05) is 6.61 Å². The Hall–Kier alpha value is -1.42. The van der Waals surface area contributed by atoms with Gasteiger partial charge in [-0.1, -0.05) is 6.07 Å². The van der Waals surface area contributed by atoms with Crippen LogP contribution in [0.4, 0.5) is 0 Å². The number of esters is 1. The topological polar surface area (TPSA) is 59.4 Å². The molecule has 0 bridgehead atoms. The van der Waals surface area contributed by atoms with E-state index in [1.165, 1.54) is 0 Å². The largest absolute Gasteiger partial charge is 0.466 e. The predicted molar refractivity (Wildman–Crippen MR) is 57.4 cm³/mol. The summed E-state index contributed by atoms with van der Waals surface area (Å²) in [6.07, 6.45) is 3.38. The minimum absolute atomic E-state index is 0.0109. The van der Waals surface area contributed by atoms with Gasteiger partial charge < -0.3 is 9.84 Å². The zero-order chi connectivity index (χ0) is 11.5. The van der Waals surface area contributed by atoms with Gasteiger partial charge in [-0.3, -0.25) is 9.78 Å². The lowest BCUT2D eigenvalue weighted by Crippen LogP contribution is -2.11. The van der Waals surface area contributed by atoms with Crippen LogP contribution in [0.2, 0.25) is 0 Å². The number of hydrogen-bond donors (Lipinski definition) is 1. The molecule has 1 N–H and O–H groups in total. The second kappa shape index (κ2) is 4.61. The van der Waals surface area contributed by atoms with E-state index >= 15 is 0 Å². The summed E-state index contributed by atoms with van der Waals surface area (Å²) in [5, 5.41) is 10.0. The van der Waals surface area contributed by atoms with Crippen LogP contribution in [0.1, 0.15) is 25.0 Å². The van der Waals surface area contributed by atoms with Crippen LogP contribution in [0, 0.1) is 11.8 Å². The zero-order valence-electron chi connectivity index (χ0n) is 9.17.